The first-order valence-corrected chi connectivity index (χ1v) is 3.15. The average Bonchev–Trinajstić information content (AvgIpc) is 1.99. The van der Waals surface area contributed by atoms with Gasteiger partial charge in [0.2, 0.25) is 0 Å². The summed E-state index contributed by atoms with van der Waals surface area (Å²) in [5, 5.41) is 0. The van der Waals surface area contributed by atoms with E-state index in [9.17, 15) is 0 Å². The van der Waals surface area contributed by atoms with E-state index in [4.69, 9.17) is 5.73 Å². The minimum Gasteiger partial charge on any atom is -0.327 e. The fourth-order valence-electron chi connectivity index (χ4n) is 0.491. The van der Waals surface area contributed by atoms with E-state index in [1.54, 1.807) is 13.3 Å². The summed E-state index contributed by atoms with van der Waals surface area (Å²) in [5.41, 5.74) is 9.02. The largest absolute Gasteiger partial charge is 0.327 e. The van der Waals surface area contributed by atoms with Crippen LogP contribution in [0.4, 0.5) is 0 Å². The maximum atomic E-state index is 5.38. The Balaban J connectivity index is 3.63. The summed E-state index contributed by atoms with van der Waals surface area (Å²) in [6.45, 7) is 2.50. The fraction of sp³-hybridized carbons (Fsp3) is 0.429. The van der Waals surface area contributed by atoms with Gasteiger partial charge >= 0.3 is 0 Å². The molecule has 0 spiro atoms. The molecule has 0 aromatic heterocycles. The summed E-state index contributed by atoms with van der Waals surface area (Å²) in [6, 6.07) is 0. The normalized spacial score (nSPS) is 12.5. The number of hydrogen-bond acceptors (Lipinski definition) is 3. The van der Waals surface area contributed by atoms with Crippen molar-refractivity contribution in [2.75, 3.05) is 13.7 Å². The highest BCUT2D eigenvalue weighted by molar-refractivity contribution is 5.17. The molecule has 0 saturated heterocycles. The van der Waals surface area contributed by atoms with Crippen molar-refractivity contribution in [3.8, 4) is 0 Å². The second-order valence-electron chi connectivity index (χ2n) is 1.72. The molecule has 0 aliphatic rings. The van der Waals surface area contributed by atoms with E-state index in [2.05, 4.69) is 10.3 Å². The highest BCUT2D eigenvalue weighted by Gasteiger charge is 1.81. The van der Waals surface area contributed by atoms with Gasteiger partial charge in [0.05, 0.1) is 7.11 Å². The molecule has 0 aliphatic carbocycles. The van der Waals surface area contributed by atoms with E-state index in [1.165, 1.54) is 0 Å². The van der Waals surface area contributed by atoms with Gasteiger partial charge in [0.1, 0.15) is 0 Å². The van der Waals surface area contributed by atoms with E-state index >= 15 is 0 Å². The zero-order valence-corrected chi connectivity index (χ0v) is 6.42. The maximum Gasteiger partial charge on any atom is 0.0636 e. The predicted molar refractivity (Wildman–Crippen MR) is 42.1 cm³/mol. The number of hydrogen-bond donors (Lipinski definition) is 2. The van der Waals surface area contributed by atoms with Gasteiger partial charge in [-0.15, -0.1) is 0 Å². The van der Waals surface area contributed by atoms with Crippen LogP contribution in [0.25, 0.3) is 0 Å². The topological polar surface area (TPSA) is 47.3 Å². The molecule has 0 bridgehead atoms. The van der Waals surface area contributed by atoms with Gasteiger partial charge < -0.3 is 5.73 Å². The van der Waals surface area contributed by atoms with Crippen molar-refractivity contribution in [1.29, 1.82) is 0 Å². The molecule has 0 saturated carbocycles. The van der Waals surface area contributed by atoms with Crippen LogP contribution in [0.3, 0.4) is 0 Å². The maximum absolute atomic E-state index is 5.38. The number of rotatable bonds is 4. The van der Waals surface area contributed by atoms with E-state index in [1.807, 2.05) is 19.1 Å². The summed E-state index contributed by atoms with van der Waals surface area (Å²) in [5.74, 6) is 0. The van der Waals surface area contributed by atoms with Crippen molar-refractivity contribution in [1.82, 2.24) is 5.48 Å². The molecule has 0 rings (SSSR count). The lowest BCUT2D eigenvalue weighted by Crippen LogP contribution is -2.04. The molecule has 3 nitrogen and oxygen atoms in total. The Hall–Kier alpha value is -0.800. The minimum absolute atomic E-state index is 0.554. The lowest BCUT2D eigenvalue weighted by molar-refractivity contribution is 0.128. The monoisotopic (exact) mass is 142 g/mol. The second-order valence-corrected chi connectivity index (χ2v) is 1.72. The van der Waals surface area contributed by atoms with Crippen LogP contribution in [0.2, 0.25) is 0 Å². The Kier molecular flexibility index (Phi) is 5.82. The molecule has 10 heavy (non-hydrogen) atoms. The highest BCUT2D eigenvalue weighted by atomic mass is 16.6. The van der Waals surface area contributed by atoms with Crippen molar-refractivity contribution >= 4 is 0 Å². The van der Waals surface area contributed by atoms with Gasteiger partial charge in [-0.25, -0.2) is 0 Å². The van der Waals surface area contributed by atoms with E-state index in [-0.39, 0.29) is 0 Å². The van der Waals surface area contributed by atoms with Crippen LogP contribution in [-0.4, -0.2) is 13.7 Å². The molecule has 0 aromatic carbocycles. The Morgan fingerprint density at radius 3 is 2.80 bits per heavy atom. The van der Waals surface area contributed by atoms with Gasteiger partial charge in [-0.1, -0.05) is 6.08 Å². The molecule has 3 N–H and O–H groups in total. The molecule has 3 heteroatoms. The standard InChI is InChI=1S/C7H14N2O/c1-3-7(6-8)4-5-9-10-2/h3-5,9H,6,8H2,1-2H3/b5-4-,7-3+. The Bertz CT molecular complexity index is 130. The molecule has 0 radical (unpaired) electrons. The van der Waals surface area contributed by atoms with Crippen LogP contribution in [-0.2, 0) is 4.84 Å². The zero-order valence-electron chi connectivity index (χ0n) is 6.42. The van der Waals surface area contributed by atoms with Gasteiger partial charge in [0.25, 0.3) is 0 Å². The number of nitrogens with two attached hydrogens (primary N) is 1. The lowest BCUT2D eigenvalue weighted by Gasteiger charge is -1.95. The van der Waals surface area contributed by atoms with Gasteiger partial charge in [-0.05, 0) is 18.6 Å². The SMILES string of the molecule is C/C=C(\C=C/NOC)CN. The average molecular weight is 142 g/mol. The Morgan fingerprint density at radius 1 is 1.70 bits per heavy atom. The molecule has 58 valence electrons. The third kappa shape index (κ3) is 4.12. The summed E-state index contributed by atoms with van der Waals surface area (Å²) < 4.78 is 0. The third-order valence-electron chi connectivity index (χ3n) is 1.09. The van der Waals surface area contributed by atoms with Crippen LogP contribution in [0.5, 0.6) is 0 Å². The first-order chi connectivity index (χ1) is 4.85. The number of allylic oxidation sites excluding steroid dienone is 1. The molecule has 0 aliphatic heterocycles. The first-order valence-electron chi connectivity index (χ1n) is 3.15. The summed E-state index contributed by atoms with van der Waals surface area (Å²) in [6.07, 6.45) is 5.51. The Labute approximate surface area is 61.5 Å². The van der Waals surface area contributed by atoms with Crippen LogP contribution < -0.4 is 11.2 Å². The molecule has 0 unspecified atom stereocenters. The van der Waals surface area contributed by atoms with Crippen molar-refractivity contribution in [3.05, 3.63) is 23.9 Å². The smallest absolute Gasteiger partial charge is 0.0636 e. The minimum atomic E-state index is 0.554. The van der Waals surface area contributed by atoms with E-state index < -0.39 is 0 Å². The van der Waals surface area contributed by atoms with Gasteiger partial charge in [0, 0.05) is 12.7 Å². The van der Waals surface area contributed by atoms with Crippen molar-refractivity contribution in [3.63, 3.8) is 0 Å². The van der Waals surface area contributed by atoms with Crippen LogP contribution >= 0.6 is 0 Å². The van der Waals surface area contributed by atoms with Crippen LogP contribution in [0, 0.1) is 0 Å². The molecular formula is C7H14N2O. The summed E-state index contributed by atoms with van der Waals surface area (Å²) >= 11 is 0. The Morgan fingerprint density at radius 2 is 2.40 bits per heavy atom. The summed E-state index contributed by atoms with van der Waals surface area (Å²) in [7, 11) is 1.56. The van der Waals surface area contributed by atoms with E-state index in [0.29, 0.717) is 6.54 Å². The second kappa shape index (κ2) is 6.32. The fourth-order valence-corrected chi connectivity index (χ4v) is 0.491. The molecule has 0 atom stereocenters. The lowest BCUT2D eigenvalue weighted by atomic mass is 10.2. The third-order valence-corrected chi connectivity index (χ3v) is 1.09. The zero-order chi connectivity index (χ0) is 7.82. The molecule has 0 aromatic rings. The van der Waals surface area contributed by atoms with E-state index in [0.717, 1.165) is 5.57 Å². The predicted octanol–water partition coefficient (Wildman–Crippen LogP) is 0.556. The van der Waals surface area contributed by atoms with Gasteiger partial charge in [0.15, 0.2) is 0 Å². The van der Waals surface area contributed by atoms with Crippen LogP contribution in [0.15, 0.2) is 23.9 Å². The van der Waals surface area contributed by atoms with Crippen molar-refractivity contribution < 1.29 is 4.84 Å². The van der Waals surface area contributed by atoms with Gasteiger partial charge in [-0.2, -0.15) is 0 Å². The summed E-state index contributed by atoms with van der Waals surface area (Å²) in [4.78, 5) is 4.58. The van der Waals surface area contributed by atoms with Crippen LogP contribution in [0.1, 0.15) is 6.92 Å². The van der Waals surface area contributed by atoms with Gasteiger partial charge in [-0.3, -0.25) is 10.3 Å². The molecular weight excluding hydrogens is 128 g/mol. The molecule has 0 amide bonds. The first kappa shape index (κ1) is 9.20. The van der Waals surface area contributed by atoms with Crippen molar-refractivity contribution in [2.24, 2.45) is 5.73 Å². The number of hydroxylamine groups is 1. The molecule has 0 heterocycles. The highest BCUT2D eigenvalue weighted by Crippen LogP contribution is 1.90. The molecule has 0 fully saturated rings. The number of nitrogens with one attached hydrogen (secondary N) is 1. The quantitative estimate of drug-likeness (QED) is 0.445. The van der Waals surface area contributed by atoms with Crippen molar-refractivity contribution in [2.45, 2.75) is 6.92 Å².